The summed E-state index contributed by atoms with van der Waals surface area (Å²) in [6, 6.07) is 55.9. The van der Waals surface area contributed by atoms with Crippen molar-refractivity contribution in [1.82, 2.24) is 9.88 Å². The van der Waals surface area contributed by atoms with Crippen LogP contribution >= 0.6 is 0 Å². The Balaban J connectivity index is 1.03. The molecule has 0 aliphatic carbocycles. The number of benzene rings is 7. The largest absolute Gasteiger partial charge is 0.456 e. The minimum Gasteiger partial charge on any atom is -0.456 e. The van der Waals surface area contributed by atoms with Gasteiger partial charge >= 0.3 is 0 Å². The maximum atomic E-state index is 9.59. The molecule has 2 aliphatic heterocycles. The molecule has 1 saturated heterocycles. The summed E-state index contributed by atoms with van der Waals surface area (Å²) in [5.41, 5.74) is 14.1. The highest BCUT2D eigenvalue weighted by Crippen LogP contribution is 2.49. The van der Waals surface area contributed by atoms with Gasteiger partial charge in [0.25, 0.3) is 0 Å². The van der Waals surface area contributed by atoms with Crippen molar-refractivity contribution < 1.29 is 4.42 Å². The summed E-state index contributed by atoms with van der Waals surface area (Å²) < 4.78 is 8.88. The number of hydrogen-bond donors (Lipinski definition) is 1. The Morgan fingerprint density at radius 3 is 2.15 bits per heavy atom. The van der Waals surface area contributed by atoms with Gasteiger partial charge in [-0.25, -0.2) is 0 Å². The Labute approximate surface area is 317 Å². The molecule has 0 saturated carbocycles. The molecule has 1 N–H and O–H groups in total. The average molecular weight is 708 g/mol. The normalized spacial score (nSPS) is 16.4. The van der Waals surface area contributed by atoms with E-state index in [2.05, 4.69) is 154 Å². The van der Waals surface area contributed by atoms with Crippen LogP contribution in [-0.2, 0) is 0 Å². The fourth-order valence-corrected chi connectivity index (χ4v) is 9.24. The maximum absolute atomic E-state index is 9.59. The van der Waals surface area contributed by atoms with Gasteiger partial charge in [-0.3, -0.25) is 0 Å². The van der Waals surface area contributed by atoms with Gasteiger partial charge in [0.05, 0.1) is 28.2 Å². The molecule has 7 aromatic carbocycles. The molecule has 11 rings (SSSR count). The van der Waals surface area contributed by atoms with Crippen molar-refractivity contribution in [1.29, 1.82) is 10.5 Å². The quantitative estimate of drug-likeness (QED) is 0.197. The van der Waals surface area contributed by atoms with Gasteiger partial charge in [-0.1, -0.05) is 66.7 Å². The standard InChI is InChI=1S/C49H33N5O/c50-27-34-11-10-31(22-35(34)28-51)30-12-16-37(17-13-30)53-44-9-5-4-8-38(44)41-26-49-43(25-46(41)53)42-24-33(15-19-48(42)55-49)32-14-18-45-40(23-32)39-20-21-52-29-47(39)54(45)36-6-2-1-3-7-36/h1-19,22-26,39,47,52H,20-21,29H2. The minimum absolute atomic E-state index is 0.382. The van der Waals surface area contributed by atoms with Crippen LogP contribution in [0.25, 0.3) is 71.7 Å². The van der Waals surface area contributed by atoms with E-state index in [0.29, 0.717) is 23.1 Å². The summed E-state index contributed by atoms with van der Waals surface area (Å²) in [6.07, 6.45) is 1.13. The molecule has 2 aliphatic rings. The van der Waals surface area contributed by atoms with Crippen molar-refractivity contribution in [3.8, 4) is 40.1 Å². The first-order valence-electron chi connectivity index (χ1n) is 18.8. The summed E-state index contributed by atoms with van der Waals surface area (Å²) >= 11 is 0. The number of fused-ring (bicyclic) bond motifs is 9. The van der Waals surface area contributed by atoms with Crippen LogP contribution in [-0.4, -0.2) is 23.7 Å². The second-order valence-corrected chi connectivity index (χ2v) is 14.7. The van der Waals surface area contributed by atoms with Crippen molar-refractivity contribution in [3.05, 3.63) is 162 Å². The van der Waals surface area contributed by atoms with E-state index in [-0.39, 0.29) is 0 Å². The lowest BCUT2D eigenvalue weighted by atomic mass is 9.87. The number of aromatic nitrogens is 1. The van der Waals surface area contributed by atoms with Crippen LogP contribution in [0.3, 0.4) is 0 Å². The monoisotopic (exact) mass is 707 g/mol. The predicted octanol–water partition coefficient (Wildman–Crippen LogP) is 11.4. The molecule has 2 atom stereocenters. The van der Waals surface area contributed by atoms with Crippen LogP contribution in [0, 0.1) is 22.7 Å². The average Bonchev–Trinajstić information content (AvgIpc) is 3.89. The molecule has 9 aromatic rings. The highest BCUT2D eigenvalue weighted by molar-refractivity contribution is 6.17. The number of rotatable bonds is 4. The molecule has 6 nitrogen and oxygen atoms in total. The lowest BCUT2D eigenvalue weighted by Gasteiger charge is -2.34. The molecule has 55 heavy (non-hydrogen) atoms. The van der Waals surface area contributed by atoms with E-state index in [0.717, 1.165) is 80.1 Å². The zero-order valence-corrected chi connectivity index (χ0v) is 29.8. The molecule has 6 heteroatoms. The Kier molecular flexibility index (Phi) is 6.98. The number of nitriles is 2. The Bertz CT molecular complexity index is 3090. The number of furan rings is 1. The van der Waals surface area contributed by atoms with E-state index in [1.54, 1.807) is 12.1 Å². The smallest absolute Gasteiger partial charge is 0.136 e. The van der Waals surface area contributed by atoms with Gasteiger partial charge in [0.2, 0.25) is 0 Å². The molecule has 2 unspecified atom stereocenters. The lowest BCUT2D eigenvalue weighted by Crippen LogP contribution is -2.44. The third kappa shape index (κ3) is 4.83. The molecular weight excluding hydrogens is 675 g/mol. The number of piperidine rings is 1. The van der Waals surface area contributed by atoms with Crippen molar-refractivity contribution in [2.24, 2.45) is 0 Å². The summed E-state index contributed by atoms with van der Waals surface area (Å²) in [5.74, 6) is 0.485. The van der Waals surface area contributed by atoms with Gasteiger partial charge in [-0.05, 0) is 120 Å². The first-order chi connectivity index (χ1) is 27.2. The topological polar surface area (TPSA) is 80.9 Å². The molecule has 0 bridgehead atoms. The van der Waals surface area contributed by atoms with Gasteiger partial charge in [-0.2, -0.15) is 10.5 Å². The predicted molar refractivity (Wildman–Crippen MR) is 221 cm³/mol. The number of nitrogens with one attached hydrogen (secondary N) is 1. The van der Waals surface area contributed by atoms with Crippen molar-refractivity contribution in [3.63, 3.8) is 0 Å². The third-order valence-electron chi connectivity index (χ3n) is 11.8. The fourth-order valence-electron chi connectivity index (χ4n) is 9.24. The molecule has 0 amide bonds. The molecule has 260 valence electrons. The van der Waals surface area contributed by atoms with Crippen molar-refractivity contribution >= 4 is 55.1 Å². The van der Waals surface area contributed by atoms with Gasteiger partial charge in [0.1, 0.15) is 23.3 Å². The highest BCUT2D eigenvalue weighted by atomic mass is 16.3. The minimum atomic E-state index is 0.382. The molecule has 4 heterocycles. The van der Waals surface area contributed by atoms with E-state index >= 15 is 0 Å². The number of hydrogen-bond acceptors (Lipinski definition) is 5. The molecule has 0 radical (unpaired) electrons. The van der Waals surface area contributed by atoms with Gasteiger partial charge in [0.15, 0.2) is 0 Å². The number of para-hydroxylation sites is 2. The summed E-state index contributed by atoms with van der Waals surface area (Å²) in [7, 11) is 0. The first kappa shape index (κ1) is 31.4. The van der Waals surface area contributed by atoms with E-state index in [1.807, 2.05) is 6.07 Å². The second kappa shape index (κ2) is 12.2. The third-order valence-corrected chi connectivity index (χ3v) is 11.8. The van der Waals surface area contributed by atoms with Gasteiger partial charge < -0.3 is 19.2 Å². The van der Waals surface area contributed by atoms with E-state index in [9.17, 15) is 10.5 Å². The van der Waals surface area contributed by atoms with Gasteiger partial charge in [-0.15, -0.1) is 0 Å². The van der Waals surface area contributed by atoms with Crippen LogP contribution in [0.2, 0.25) is 0 Å². The molecular formula is C49H33N5O. The van der Waals surface area contributed by atoms with E-state index < -0.39 is 0 Å². The summed E-state index contributed by atoms with van der Waals surface area (Å²) in [5, 5.41) is 27.1. The highest BCUT2D eigenvalue weighted by Gasteiger charge is 2.40. The number of anilines is 2. The summed E-state index contributed by atoms with van der Waals surface area (Å²) in [6.45, 7) is 2.02. The fraction of sp³-hybridized carbons (Fsp3) is 0.102. The Morgan fingerprint density at radius 2 is 1.29 bits per heavy atom. The van der Waals surface area contributed by atoms with Crippen LogP contribution in [0.5, 0.6) is 0 Å². The zero-order valence-electron chi connectivity index (χ0n) is 29.8. The molecule has 1 fully saturated rings. The maximum Gasteiger partial charge on any atom is 0.136 e. The van der Waals surface area contributed by atoms with Gasteiger partial charge in [0, 0.05) is 51.1 Å². The zero-order chi connectivity index (χ0) is 36.6. The van der Waals surface area contributed by atoms with E-state index in [4.69, 9.17) is 4.42 Å². The molecule has 2 aromatic heterocycles. The number of nitrogens with zero attached hydrogens (tertiary/aromatic N) is 4. The van der Waals surface area contributed by atoms with Crippen LogP contribution in [0.15, 0.2) is 150 Å². The summed E-state index contributed by atoms with van der Waals surface area (Å²) in [4.78, 5) is 2.54. The SMILES string of the molecule is N#Cc1ccc(-c2ccc(-n3c4ccccc4c4cc5oc6ccc(-c7ccc8c(c7)C7CCNCC7N8c7ccccc7)cc6c5cc43)cc2)cc1C#N. The van der Waals surface area contributed by atoms with Crippen molar-refractivity contribution in [2.75, 3.05) is 18.0 Å². The Hall–Kier alpha value is -7.12. The molecule has 0 spiro atoms. The van der Waals surface area contributed by atoms with Crippen LogP contribution < -0.4 is 10.2 Å². The Morgan fingerprint density at radius 1 is 0.564 bits per heavy atom. The lowest BCUT2D eigenvalue weighted by molar-refractivity contribution is 0.419. The van der Waals surface area contributed by atoms with Crippen molar-refractivity contribution in [2.45, 2.75) is 18.4 Å². The van der Waals surface area contributed by atoms with E-state index in [1.165, 1.54) is 28.1 Å². The second-order valence-electron chi connectivity index (χ2n) is 14.7. The van der Waals surface area contributed by atoms with Crippen LogP contribution in [0.1, 0.15) is 29.0 Å². The first-order valence-corrected chi connectivity index (χ1v) is 18.8. The van der Waals surface area contributed by atoms with Crippen LogP contribution in [0.4, 0.5) is 11.4 Å².